The number of nitrogens with zero attached hydrogens (tertiary/aromatic N) is 1. The molecular formula is C23H18ClF3N4O5. The minimum Gasteiger partial charge on any atom is -0.484 e. The van der Waals surface area contributed by atoms with Crippen molar-refractivity contribution in [2.24, 2.45) is 5.10 Å². The summed E-state index contributed by atoms with van der Waals surface area (Å²) in [6.45, 7) is 0.0278. The summed E-state index contributed by atoms with van der Waals surface area (Å²) in [5, 5.41) is 7.76. The zero-order valence-corrected chi connectivity index (χ0v) is 19.0. The van der Waals surface area contributed by atoms with E-state index >= 15 is 0 Å². The van der Waals surface area contributed by atoms with Gasteiger partial charge in [-0.2, -0.15) is 18.3 Å². The summed E-state index contributed by atoms with van der Waals surface area (Å²) >= 11 is 5.52. The minimum atomic E-state index is -4.72. The number of rotatable bonds is 8. The average Bonchev–Trinajstić information content (AvgIpc) is 3.36. The van der Waals surface area contributed by atoms with Crippen LogP contribution in [0.1, 0.15) is 16.9 Å². The minimum absolute atomic E-state index is 0.211. The number of furan rings is 1. The van der Waals surface area contributed by atoms with Crippen molar-refractivity contribution in [1.82, 2.24) is 10.7 Å². The molecule has 0 bridgehead atoms. The Bertz CT molecular complexity index is 1250. The van der Waals surface area contributed by atoms with Gasteiger partial charge in [0, 0.05) is 5.69 Å². The van der Waals surface area contributed by atoms with E-state index in [1.165, 1.54) is 12.5 Å². The summed E-state index contributed by atoms with van der Waals surface area (Å²) in [4.78, 5) is 35.6. The Balaban J connectivity index is 1.44. The van der Waals surface area contributed by atoms with Crippen LogP contribution in [0.5, 0.6) is 5.75 Å². The maximum absolute atomic E-state index is 12.9. The lowest BCUT2D eigenvalue weighted by atomic mass is 10.2. The van der Waals surface area contributed by atoms with E-state index in [2.05, 4.69) is 10.4 Å². The first-order valence-electron chi connectivity index (χ1n) is 10.1. The van der Waals surface area contributed by atoms with Crippen molar-refractivity contribution in [2.45, 2.75) is 12.7 Å². The van der Waals surface area contributed by atoms with Gasteiger partial charge in [-0.15, -0.1) is 0 Å². The molecule has 0 saturated carbocycles. The summed E-state index contributed by atoms with van der Waals surface area (Å²) in [6.07, 6.45) is -1.99. The Morgan fingerprint density at radius 1 is 1.06 bits per heavy atom. The van der Waals surface area contributed by atoms with Crippen LogP contribution in [0.15, 0.2) is 70.4 Å². The third kappa shape index (κ3) is 7.87. The van der Waals surface area contributed by atoms with Gasteiger partial charge < -0.3 is 19.8 Å². The predicted octanol–water partition coefficient (Wildman–Crippen LogP) is 3.74. The van der Waals surface area contributed by atoms with Crippen LogP contribution in [0.3, 0.4) is 0 Å². The molecule has 3 N–H and O–H groups in total. The number of anilines is 1. The van der Waals surface area contributed by atoms with Crippen molar-refractivity contribution < 1.29 is 36.7 Å². The molecule has 0 aliphatic heterocycles. The third-order valence-electron chi connectivity index (χ3n) is 4.41. The third-order valence-corrected chi connectivity index (χ3v) is 4.74. The Morgan fingerprint density at radius 3 is 2.47 bits per heavy atom. The van der Waals surface area contributed by atoms with Crippen LogP contribution in [0.4, 0.5) is 18.9 Å². The molecule has 0 aliphatic carbocycles. The molecule has 2 aromatic carbocycles. The molecule has 13 heteroatoms. The monoisotopic (exact) mass is 522 g/mol. The van der Waals surface area contributed by atoms with Crippen LogP contribution >= 0.6 is 11.6 Å². The summed E-state index contributed by atoms with van der Waals surface area (Å²) in [7, 11) is 0. The van der Waals surface area contributed by atoms with Gasteiger partial charge in [-0.3, -0.25) is 14.4 Å². The number of ether oxygens (including phenoxy) is 1. The molecule has 0 atom stereocenters. The molecule has 0 unspecified atom stereocenters. The van der Waals surface area contributed by atoms with Gasteiger partial charge in [0.25, 0.3) is 5.91 Å². The Morgan fingerprint density at radius 2 is 1.81 bits per heavy atom. The number of amides is 3. The number of hydrazone groups is 1. The zero-order valence-electron chi connectivity index (χ0n) is 18.3. The molecule has 0 aliphatic rings. The topological polar surface area (TPSA) is 122 Å². The van der Waals surface area contributed by atoms with E-state index in [1.54, 1.807) is 36.4 Å². The predicted molar refractivity (Wildman–Crippen MR) is 123 cm³/mol. The molecule has 9 nitrogen and oxygen atoms in total. The standard InChI is InChI=1S/C23H18ClF3N4O5/c24-19-8-5-15(10-18(19)23(25,26)27)30-21(33)22(34)31-29-11-14-3-6-16(7-4-14)36-13-20(32)28-12-17-2-1-9-35-17/h1-11H,12-13H2,(H,28,32)(H,30,33)(H,31,34)/b29-11-. The zero-order chi connectivity index (χ0) is 26.1. The number of carbonyl (C=O) groups excluding carboxylic acids is 3. The van der Waals surface area contributed by atoms with Crippen LogP contribution in [0.2, 0.25) is 5.02 Å². The van der Waals surface area contributed by atoms with Gasteiger partial charge in [-0.1, -0.05) is 11.6 Å². The maximum Gasteiger partial charge on any atom is 0.417 e. The van der Waals surface area contributed by atoms with Crippen LogP contribution < -0.4 is 20.8 Å². The van der Waals surface area contributed by atoms with E-state index in [1.807, 2.05) is 10.7 Å². The number of carbonyl (C=O) groups is 3. The summed E-state index contributed by atoms with van der Waals surface area (Å²) in [5.41, 5.74) is 1.08. The van der Waals surface area contributed by atoms with Gasteiger partial charge in [0.15, 0.2) is 6.61 Å². The molecule has 3 aromatic rings. The molecule has 0 spiro atoms. The smallest absolute Gasteiger partial charge is 0.417 e. The van der Waals surface area contributed by atoms with Gasteiger partial charge >= 0.3 is 18.0 Å². The Hall–Kier alpha value is -4.32. The second kappa shape index (κ2) is 11.9. The van der Waals surface area contributed by atoms with E-state index in [0.29, 0.717) is 23.1 Å². The van der Waals surface area contributed by atoms with E-state index in [0.717, 1.165) is 12.1 Å². The molecule has 0 radical (unpaired) electrons. The van der Waals surface area contributed by atoms with Gasteiger partial charge in [-0.25, -0.2) is 5.43 Å². The molecule has 3 rings (SSSR count). The highest BCUT2D eigenvalue weighted by molar-refractivity contribution is 6.39. The molecule has 1 aromatic heterocycles. The van der Waals surface area contributed by atoms with Crippen molar-refractivity contribution in [1.29, 1.82) is 0 Å². The fourth-order valence-electron chi connectivity index (χ4n) is 2.67. The van der Waals surface area contributed by atoms with Gasteiger partial charge in [0.2, 0.25) is 0 Å². The highest BCUT2D eigenvalue weighted by Crippen LogP contribution is 2.36. The maximum atomic E-state index is 12.9. The lowest BCUT2D eigenvalue weighted by Crippen LogP contribution is -2.32. The normalized spacial score (nSPS) is 11.2. The van der Waals surface area contributed by atoms with Gasteiger partial charge in [0.1, 0.15) is 11.5 Å². The highest BCUT2D eigenvalue weighted by Gasteiger charge is 2.33. The summed E-state index contributed by atoms with van der Waals surface area (Å²) in [6, 6.07) is 12.4. The van der Waals surface area contributed by atoms with Crippen molar-refractivity contribution in [3.8, 4) is 5.75 Å². The fourth-order valence-corrected chi connectivity index (χ4v) is 2.90. The van der Waals surface area contributed by atoms with Crippen LogP contribution in [-0.2, 0) is 27.1 Å². The fraction of sp³-hybridized carbons (Fsp3) is 0.130. The summed E-state index contributed by atoms with van der Waals surface area (Å²) in [5.74, 6) is -1.75. The quantitative estimate of drug-likeness (QED) is 0.236. The number of nitrogens with one attached hydrogen (secondary N) is 3. The van der Waals surface area contributed by atoms with Crippen molar-refractivity contribution in [3.63, 3.8) is 0 Å². The lowest BCUT2D eigenvalue weighted by molar-refractivity contribution is -0.137. The second-order valence-electron chi connectivity index (χ2n) is 7.06. The van der Waals surface area contributed by atoms with Crippen molar-refractivity contribution in [3.05, 3.63) is 82.8 Å². The molecule has 3 amide bonds. The Labute approximate surface area is 207 Å². The van der Waals surface area contributed by atoms with Crippen molar-refractivity contribution in [2.75, 3.05) is 11.9 Å². The lowest BCUT2D eigenvalue weighted by Gasteiger charge is -2.11. The number of halogens is 4. The first-order valence-corrected chi connectivity index (χ1v) is 10.5. The SMILES string of the molecule is O=C(COc1ccc(/C=N\NC(=O)C(=O)Nc2ccc(Cl)c(C(F)(F)F)c2)cc1)NCc1ccco1. The van der Waals surface area contributed by atoms with Crippen molar-refractivity contribution >= 4 is 41.2 Å². The van der Waals surface area contributed by atoms with Crippen LogP contribution in [-0.4, -0.2) is 30.5 Å². The molecule has 0 fully saturated rings. The summed E-state index contributed by atoms with van der Waals surface area (Å²) < 4.78 is 49.2. The largest absolute Gasteiger partial charge is 0.484 e. The average molecular weight is 523 g/mol. The number of alkyl halides is 3. The first kappa shape index (κ1) is 26.3. The van der Waals surface area contributed by atoms with E-state index < -0.39 is 28.6 Å². The highest BCUT2D eigenvalue weighted by atomic mass is 35.5. The first-order chi connectivity index (χ1) is 17.1. The molecule has 188 valence electrons. The molecular weight excluding hydrogens is 505 g/mol. The molecule has 0 saturated heterocycles. The molecule has 36 heavy (non-hydrogen) atoms. The van der Waals surface area contributed by atoms with Gasteiger partial charge in [-0.05, 0) is 60.2 Å². The van der Waals surface area contributed by atoms with E-state index in [9.17, 15) is 27.6 Å². The van der Waals surface area contributed by atoms with E-state index in [4.69, 9.17) is 20.8 Å². The Kier molecular flexibility index (Phi) is 8.68. The van der Waals surface area contributed by atoms with Gasteiger partial charge in [0.05, 0.1) is 29.6 Å². The molecule has 1 heterocycles. The van der Waals surface area contributed by atoms with Crippen LogP contribution in [0.25, 0.3) is 0 Å². The number of benzene rings is 2. The van der Waals surface area contributed by atoms with E-state index in [-0.39, 0.29) is 24.7 Å². The van der Waals surface area contributed by atoms with Crippen LogP contribution in [0, 0.1) is 0 Å². The number of hydrogen-bond acceptors (Lipinski definition) is 6. The number of hydrogen-bond donors (Lipinski definition) is 3. The second-order valence-corrected chi connectivity index (χ2v) is 7.47.